The number of aryl methyl sites for hydroxylation is 1. The molecule has 2 aliphatic rings. The number of anilines is 2. The molecule has 0 bridgehead atoms. The normalized spacial score (nSPS) is 13.4. The lowest BCUT2D eigenvalue weighted by atomic mass is 9.94. The van der Waals surface area contributed by atoms with Crippen molar-refractivity contribution in [3.8, 4) is 34.0 Å². The number of H-pyrrole nitrogens is 1. The number of nitrogens with one attached hydrogen (secondary N) is 2. The zero-order valence-electron chi connectivity index (χ0n) is 20.8. The Hall–Kier alpha value is -4.98. The summed E-state index contributed by atoms with van der Waals surface area (Å²) in [6, 6.07) is 18.1. The summed E-state index contributed by atoms with van der Waals surface area (Å²) in [6.07, 6.45) is 3.74. The quantitative estimate of drug-likeness (QED) is 0.303. The molecule has 186 valence electrons. The van der Waals surface area contributed by atoms with Gasteiger partial charge in [-0.1, -0.05) is 24.8 Å². The van der Waals surface area contributed by atoms with Crippen molar-refractivity contribution in [3.05, 3.63) is 90.4 Å². The second-order valence-electron chi connectivity index (χ2n) is 9.50. The lowest BCUT2D eigenvalue weighted by Gasteiger charge is -2.15. The van der Waals surface area contributed by atoms with Crippen LogP contribution in [0.1, 0.15) is 16.8 Å². The number of carbonyl (C=O) groups is 1. The highest BCUT2D eigenvalue weighted by molar-refractivity contribution is 6.09. The van der Waals surface area contributed by atoms with Gasteiger partial charge in [-0.05, 0) is 72.0 Å². The highest BCUT2D eigenvalue weighted by Gasteiger charge is 2.27. The number of hydrogen-bond acceptors (Lipinski definition) is 6. The molecule has 2 aromatic carbocycles. The van der Waals surface area contributed by atoms with E-state index in [1.807, 2.05) is 37.3 Å². The number of ether oxygens (including phenoxy) is 1. The number of hydrogen-bond donors (Lipinski definition) is 2. The van der Waals surface area contributed by atoms with Crippen molar-refractivity contribution >= 4 is 28.4 Å². The predicted octanol–water partition coefficient (Wildman–Crippen LogP) is 5.79. The van der Waals surface area contributed by atoms with E-state index in [1.54, 1.807) is 11.2 Å². The molecule has 0 saturated heterocycles. The summed E-state index contributed by atoms with van der Waals surface area (Å²) in [5.41, 5.74) is 8.97. The molecule has 38 heavy (non-hydrogen) atoms. The van der Waals surface area contributed by atoms with Crippen LogP contribution in [0.5, 0.6) is 11.6 Å². The molecule has 8 nitrogen and oxygen atoms in total. The van der Waals surface area contributed by atoms with Crippen LogP contribution in [-0.4, -0.2) is 32.4 Å². The molecule has 2 N–H and O–H groups in total. The van der Waals surface area contributed by atoms with E-state index in [4.69, 9.17) is 4.74 Å². The highest BCUT2D eigenvalue weighted by atomic mass is 16.5. The van der Waals surface area contributed by atoms with Crippen LogP contribution in [0.3, 0.4) is 0 Å². The lowest BCUT2D eigenvalue weighted by molar-refractivity contribution is -0.114. The molecule has 7 rings (SSSR count). The molecule has 0 fully saturated rings. The Balaban J connectivity index is 1.35. The monoisotopic (exact) mass is 500 g/mol. The summed E-state index contributed by atoms with van der Waals surface area (Å²) in [7, 11) is 0. The first-order chi connectivity index (χ1) is 18.6. The molecule has 5 heterocycles. The number of aromatic amines is 1. The Bertz CT molecular complexity index is 1770. The number of aromatic nitrogens is 4. The van der Waals surface area contributed by atoms with Gasteiger partial charge in [-0.15, -0.1) is 0 Å². The molecule has 1 amide bonds. The minimum atomic E-state index is -0.0764. The van der Waals surface area contributed by atoms with Crippen LogP contribution in [0.4, 0.5) is 11.5 Å². The Labute approximate surface area is 219 Å². The number of nitrogens with zero attached hydrogens (tertiary/aromatic N) is 4. The van der Waals surface area contributed by atoms with Gasteiger partial charge in [0.1, 0.15) is 23.5 Å². The maximum absolute atomic E-state index is 12.3. The number of carbonyl (C=O) groups excluding carboxylic acids is 1. The fraction of sp³-hybridized carbons (Fsp3) is 0.133. The van der Waals surface area contributed by atoms with Crippen molar-refractivity contribution in [1.29, 1.82) is 0 Å². The molecule has 0 spiro atoms. The van der Waals surface area contributed by atoms with Gasteiger partial charge in [0.15, 0.2) is 0 Å². The standard InChI is InChI=1S/C30H24N6O2/c1-3-25(37)36-12-11-18-13-19(7-10-23(18)36)28-26-22-9-8-21(38-24-6-4-5-17(2)34-24)14-20(22)15-31-29-27(26)30(35-28)33-16-32-29/h3-10,13-14,16H,1,11-12,15H2,2H3,(H2,31,32,33,35). The smallest absolute Gasteiger partial charge is 0.250 e. The third kappa shape index (κ3) is 3.53. The number of rotatable bonds is 4. The van der Waals surface area contributed by atoms with Crippen molar-refractivity contribution in [2.24, 2.45) is 0 Å². The van der Waals surface area contributed by atoms with Crippen LogP contribution in [0, 0.1) is 6.92 Å². The van der Waals surface area contributed by atoms with Crippen LogP contribution in [-0.2, 0) is 17.8 Å². The van der Waals surface area contributed by atoms with Gasteiger partial charge >= 0.3 is 0 Å². The van der Waals surface area contributed by atoms with Crippen molar-refractivity contribution in [2.75, 3.05) is 16.8 Å². The van der Waals surface area contributed by atoms with Gasteiger partial charge < -0.3 is 19.9 Å². The second kappa shape index (κ2) is 8.55. The van der Waals surface area contributed by atoms with Crippen LogP contribution < -0.4 is 15.0 Å². The molecule has 0 atom stereocenters. The largest absolute Gasteiger partial charge is 0.439 e. The average Bonchev–Trinajstić information content (AvgIpc) is 3.49. The molecular formula is C30H24N6O2. The van der Waals surface area contributed by atoms with E-state index in [-0.39, 0.29) is 5.91 Å². The maximum atomic E-state index is 12.3. The Kier molecular flexibility index (Phi) is 5.00. The van der Waals surface area contributed by atoms with E-state index in [0.717, 1.165) is 73.9 Å². The van der Waals surface area contributed by atoms with Crippen LogP contribution in [0.2, 0.25) is 0 Å². The Morgan fingerprint density at radius 2 is 2.03 bits per heavy atom. The van der Waals surface area contributed by atoms with Gasteiger partial charge in [0.2, 0.25) is 11.8 Å². The molecule has 0 aliphatic carbocycles. The third-order valence-electron chi connectivity index (χ3n) is 7.17. The summed E-state index contributed by atoms with van der Waals surface area (Å²) in [5, 5.41) is 4.44. The lowest BCUT2D eigenvalue weighted by Crippen LogP contribution is -2.26. The van der Waals surface area contributed by atoms with Gasteiger partial charge in [-0.25, -0.2) is 15.0 Å². The summed E-state index contributed by atoms with van der Waals surface area (Å²) < 4.78 is 6.09. The van der Waals surface area contributed by atoms with Crippen molar-refractivity contribution in [2.45, 2.75) is 19.9 Å². The predicted molar refractivity (Wildman–Crippen MR) is 147 cm³/mol. The third-order valence-corrected chi connectivity index (χ3v) is 7.17. The minimum absolute atomic E-state index is 0.0764. The summed E-state index contributed by atoms with van der Waals surface area (Å²) in [6.45, 7) is 6.83. The van der Waals surface area contributed by atoms with Gasteiger partial charge in [-0.3, -0.25) is 4.79 Å². The van der Waals surface area contributed by atoms with Crippen molar-refractivity contribution in [1.82, 2.24) is 19.9 Å². The molecule has 8 heteroatoms. The molecular weight excluding hydrogens is 476 g/mol. The molecule has 2 aliphatic heterocycles. The number of fused-ring (bicyclic) bond motifs is 3. The summed E-state index contributed by atoms with van der Waals surface area (Å²) >= 11 is 0. The summed E-state index contributed by atoms with van der Waals surface area (Å²) in [5.74, 6) is 1.99. The fourth-order valence-corrected chi connectivity index (χ4v) is 5.44. The molecule has 0 radical (unpaired) electrons. The van der Waals surface area contributed by atoms with Gasteiger partial charge in [0, 0.05) is 36.1 Å². The highest BCUT2D eigenvalue weighted by Crippen LogP contribution is 2.45. The maximum Gasteiger partial charge on any atom is 0.250 e. The Morgan fingerprint density at radius 1 is 1.11 bits per heavy atom. The SMILES string of the molecule is C=CC(=O)N1CCc2cc(-c3[nH]c4ncnc5c4c3-c3ccc(Oc4cccc(C)n4)cc3CN5)ccc21. The number of pyridine rings is 1. The first-order valence-electron chi connectivity index (χ1n) is 12.5. The van der Waals surface area contributed by atoms with E-state index in [9.17, 15) is 4.79 Å². The molecule has 0 saturated carbocycles. The van der Waals surface area contributed by atoms with Crippen LogP contribution >= 0.6 is 0 Å². The van der Waals surface area contributed by atoms with E-state index in [0.29, 0.717) is 19.0 Å². The molecule has 3 aromatic heterocycles. The van der Waals surface area contributed by atoms with Crippen molar-refractivity contribution < 1.29 is 9.53 Å². The average molecular weight is 501 g/mol. The topological polar surface area (TPSA) is 96.0 Å². The Morgan fingerprint density at radius 3 is 2.89 bits per heavy atom. The van der Waals surface area contributed by atoms with Gasteiger partial charge in [0.05, 0.1) is 11.1 Å². The van der Waals surface area contributed by atoms with Crippen LogP contribution in [0.25, 0.3) is 33.4 Å². The summed E-state index contributed by atoms with van der Waals surface area (Å²) in [4.78, 5) is 31.2. The van der Waals surface area contributed by atoms with E-state index < -0.39 is 0 Å². The molecule has 0 unspecified atom stereocenters. The number of amides is 1. The van der Waals surface area contributed by atoms with E-state index >= 15 is 0 Å². The zero-order chi connectivity index (χ0) is 25.8. The van der Waals surface area contributed by atoms with Crippen LogP contribution in [0.15, 0.2) is 73.6 Å². The fourth-order valence-electron chi connectivity index (χ4n) is 5.44. The first-order valence-corrected chi connectivity index (χ1v) is 12.5. The van der Waals surface area contributed by atoms with E-state index in [1.165, 1.54) is 6.08 Å². The number of benzene rings is 2. The van der Waals surface area contributed by atoms with Crippen molar-refractivity contribution in [3.63, 3.8) is 0 Å². The van der Waals surface area contributed by atoms with Gasteiger partial charge in [0.25, 0.3) is 0 Å². The van der Waals surface area contributed by atoms with E-state index in [2.05, 4.69) is 56.1 Å². The second-order valence-corrected chi connectivity index (χ2v) is 9.50. The van der Waals surface area contributed by atoms with Gasteiger partial charge in [-0.2, -0.15) is 0 Å². The first kappa shape index (κ1) is 22.2. The molecule has 5 aromatic rings. The zero-order valence-corrected chi connectivity index (χ0v) is 20.8. The minimum Gasteiger partial charge on any atom is -0.439 e.